The van der Waals surface area contributed by atoms with E-state index in [1.807, 2.05) is 0 Å². The zero-order chi connectivity index (χ0) is 17.1. The number of methoxy groups -OCH3 is 3. The van der Waals surface area contributed by atoms with E-state index in [0.29, 0.717) is 6.42 Å². The van der Waals surface area contributed by atoms with Gasteiger partial charge in [0.05, 0.1) is 0 Å². The molecular weight excluding hydrogens is 297 g/mol. The zero-order valence-electron chi connectivity index (χ0n) is 14.3. The van der Waals surface area contributed by atoms with Crippen LogP contribution in [0.25, 0.3) is 0 Å². The average Bonchev–Trinajstić information content (AvgIpc) is 2.48. The molecule has 3 nitrogen and oxygen atoms in total. The van der Waals surface area contributed by atoms with Crippen molar-refractivity contribution < 1.29 is 27.4 Å². The normalized spacial score (nSPS) is 14.3. The molecule has 0 rings (SSSR count). The Morgan fingerprint density at radius 1 is 0.773 bits per heavy atom. The first-order chi connectivity index (χ1) is 10.3. The Morgan fingerprint density at radius 3 is 1.73 bits per heavy atom. The Morgan fingerprint density at radius 2 is 1.27 bits per heavy atom. The fourth-order valence-corrected chi connectivity index (χ4v) is 2.76. The second kappa shape index (κ2) is 11.2. The predicted octanol–water partition coefficient (Wildman–Crippen LogP) is 5.29. The second-order valence-electron chi connectivity index (χ2n) is 5.62. The minimum atomic E-state index is -4.18. The van der Waals surface area contributed by atoms with Crippen LogP contribution in [0.15, 0.2) is 0 Å². The molecule has 0 aliphatic carbocycles. The van der Waals surface area contributed by atoms with Crippen LogP contribution in [0, 0.1) is 5.92 Å². The van der Waals surface area contributed by atoms with Gasteiger partial charge in [-0.1, -0.05) is 45.4 Å². The monoisotopic (exact) mass is 328 g/mol. The Balaban J connectivity index is 4.51. The second-order valence-corrected chi connectivity index (χ2v) is 5.62. The summed E-state index contributed by atoms with van der Waals surface area (Å²) in [5.74, 6) is -1.84. The maximum absolute atomic E-state index is 12.5. The molecule has 0 saturated carbocycles. The lowest BCUT2D eigenvalue weighted by Gasteiger charge is -2.36. The lowest BCUT2D eigenvalue weighted by molar-refractivity contribution is -0.381. The summed E-state index contributed by atoms with van der Waals surface area (Å²) in [4.78, 5) is 0. The standard InChI is InChI=1S/C16H31F3O3/c1-5-6-7-8-9-10-11-14(12-13-15(17,18)19)16(20-2,21-3)22-4/h14H,5-13H2,1-4H3. The first-order valence-corrected chi connectivity index (χ1v) is 8.07. The van der Waals surface area contributed by atoms with Gasteiger partial charge in [-0.05, 0) is 12.8 Å². The minimum Gasteiger partial charge on any atom is -0.331 e. The maximum atomic E-state index is 12.5. The minimum absolute atomic E-state index is 0.0615. The van der Waals surface area contributed by atoms with Crippen molar-refractivity contribution in [3.8, 4) is 0 Å². The summed E-state index contributed by atoms with van der Waals surface area (Å²) in [6.07, 6.45) is 2.02. The molecule has 0 radical (unpaired) electrons. The van der Waals surface area contributed by atoms with Crippen molar-refractivity contribution in [3.05, 3.63) is 0 Å². The largest absolute Gasteiger partial charge is 0.389 e. The van der Waals surface area contributed by atoms with Gasteiger partial charge in [0.2, 0.25) is 0 Å². The number of halogens is 3. The molecule has 1 unspecified atom stereocenters. The van der Waals surface area contributed by atoms with E-state index in [4.69, 9.17) is 14.2 Å². The summed E-state index contributed by atoms with van der Waals surface area (Å²) in [5.41, 5.74) is 0. The van der Waals surface area contributed by atoms with Gasteiger partial charge in [-0.2, -0.15) is 13.2 Å². The highest BCUT2D eigenvalue weighted by Gasteiger charge is 2.41. The average molecular weight is 328 g/mol. The van der Waals surface area contributed by atoms with Gasteiger partial charge in [0.25, 0.3) is 5.97 Å². The van der Waals surface area contributed by atoms with E-state index in [2.05, 4.69) is 6.92 Å². The first kappa shape index (κ1) is 21.7. The molecule has 134 valence electrons. The van der Waals surface area contributed by atoms with Crippen LogP contribution < -0.4 is 0 Å². The topological polar surface area (TPSA) is 27.7 Å². The Kier molecular flexibility index (Phi) is 11.1. The number of rotatable bonds is 13. The third-order valence-electron chi connectivity index (χ3n) is 4.04. The van der Waals surface area contributed by atoms with Gasteiger partial charge >= 0.3 is 6.18 Å². The summed E-state index contributed by atoms with van der Waals surface area (Å²) < 4.78 is 53.3. The van der Waals surface area contributed by atoms with Crippen molar-refractivity contribution in [1.82, 2.24) is 0 Å². The van der Waals surface area contributed by atoms with Gasteiger partial charge < -0.3 is 14.2 Å². The lowest BCUT2D eigenvalue weighted by atomic mass is 9.93. The highest BCUT2D eigenvalue weighted by atomic mass is 19.4. The molecule has 0 saturated heterocycles. The van der Waals surface area contributed by atoms with Crippen molar-refractivity contribution in [2.75, 3.05) is 21.3 Å². The van der Waals surface area contributed by atoms with Crippen LogP contribution in [0.4, 0.5) is 13.2 Å². The summed E-state index contributed by atoms with van der Waals surface area (Å²) in [6, 6.07) is 0. The van der Waals surface area contributed by atoms with Crippen molar-refractivity contribution >= 4 is 0 Å². The van der Waals surface area contributed by atoms with E-state index in [1.54, 1.807) is 0 Å². The molecule has 1 atom stereocenters. The number of ether oxygens (including phenoxy) is 3. The smallest absolute Gasteiger partial charge is 0.331 e. The number of hydrogen-bond acceptors (Lipinski definition) is 3. The fraction of sp³-hybridized carbons (Fsp3) is 1.00. The molecule has 0 spiro atoms. The summed E-state index contributed by atoms with van der Waals surface area (Å²) in [6.45, 7) is 2.15. The van der Waals surface area contributed by atoms with E-state index < -0.39 is 24.5 Å². The van der Waals surface area contributed by atoms with Gasteiger partial charge in [0.15, 0.2) is 0 Å². The lowest BCUT2D eigenvalue weighted by Crippen LogP contribution is -2.44. The van der Waals surface area contributed by atoms with Gasteiger partial charge in [-0.25, -0.2) is 0 Å². The highest BCUT2D eigenvalue weighted by Crippen LogP contribution is 2.35. The van der Waals surface area contributed by atoms with E-state index >= 15 is 0 Å². The van der Waals surface area contributed by atoms with Crippen LogP contribution >= 0.6 is 0 Å². The fourth-order valence-electron chi connectivity index (χ4n) is 2.76. The molecule has 0 fully saturated rings. The predicted molar refractivity (Wildman–Crippen MR) is 80.5 cm³/mol. The SMILES string of the molecule is CCCCCCCCC(CCC(F)(F)F)C(OC)(OC)OC. The number of hydrogen-bond donors (Lipinski definition) is 0. The Bertz CT molecular complexity index is 258. The van der Waals surface area contributed by atoms with Crippen LogP contribution in [0.5, 0.6) is 0 Å². The summed E-state index contributed by atoms with van der Waals surface area (Å²) in [7, 11) is 4.19. The van der Waals surface area contributed by atoms with Crippen LogP contribution in [0.1, 0.15) is 64.7 Å². The maximum Gasteiger partial charge on any atom is 0.389 e. The molecule has 0 aromatic rings. The molecule has 0 N–H and O–H groups in total. The van der Waals surface area contributed by atoms with Crippen LogP contribution in [-0.2, 0) is 14.2 Å². The molecule has 0 bridgehead atoms. The van der Waals surface area contributed by atoms with Gasteiger partial charge in [0.1, 0.15) is 0 Å². The van der Waals surface area contributed by atoms with E-state index in [1.165, 1.54) is 40.6 Å². The van der Waals surface area contributed by atoms with Crippen molar-refractivity contribution in [3.63, 3.8) is 0 Å². The Labute approximate surface area is 132 Å². The number of unbranched alkanes of at least 4 members (excludes halogenated alkanes) is 5. The van der Waals surface area contributed by atoms with Crippen LogP contribution in [0.2, 0.25) is 0 Å². The molecule has 6 heteroatoms. The molecule has 0 heterocycles. The highest BCUT2D eigenvalue weighted by molar-refractivity contribution is 4.73. The van der Waals surface area contributed by atoms with E-state index in [0.717, 1.165) is 19.3 Å². The van der Waals surface area contributed by atoms with Crippen molar-refractivity contribution in [2.45, 2.75) is 76.9 Å². The molecule has 22 heavy (non-hydrogen) atoms. The molecule has 0 amide bonds. The number of alkyl halides is 3. The van der Waals surface area contributed by atoms with Crippen LogP contribution in [-0.4, -0.2) is 33.5 Å². The van der Waals surface area contributed by atoms with E-state index in [9.17, 15) is 13.2 Å². The third kappa shape index (κ3) is 8.34. The van der Waals surface area contributed by atoms with Crippen LogP contribution in [0.3, 0.4) is 0 Å². The van der Waals surface area contributed by atoms with Gasteiger partial charge in [-0.15, -0.1) is 0 Å². The molecule has 0 aliphatic rings. The van der Waals surface area contributed by atoms with Crippen molar-refractivity contribution in [2.24, 2.45) is 5.92 Å². The summed E-state index contributed by atoms with van der Waals surface area (Å²) >= 11 is 0. The van der Waals surface area contributed by atoms with Gasteiger partial charge in [0, 0.05) is 33.7 Å². The van der Waals surface area contributed by atoms with Crippen molar-refractivity contribution in [1.29, 1.82) is 0 Å². The molecule has 0 aromatic carbocycles. The molecule has 0 aliphatic heterocycles. The first-order valence-electron chi connectivity index (χ1n) is 8.07. The van der Waals surface area contributed by atoms with Gasteiger partial charge in [-0.3, -0.25) is 0 Å². The zero-order valence-corrected chi connectivity index (χ0v) is 14.3. The molecular formula is C16H31F3O3. The summed E-state index contributed by atoms with van der Waals surface area (Å²) in [5, 5.41) is 0. The molecule has 0 aromatic heterocycles. The third-order valence-corrected chi connectivity index (χ3v) is 4.04. The quantitative estimate of drug-likeness (QED) is 0.340. The van der Waals surface area contributed by atoms with E-state index in [-0.39, 0.29) is 6.42 Å². The Hall–Kier alpha value is -0.330.